The Bertz CT molecular complexity index is 414. The highest BCUT2D eigenvalue weighted by Crippen LogP contribution is 2.35. The van der Waals surface area contributed by atoms with Crippen LogP contribution >= 0.6 is 11.6 Å². The Hall–Kier alpha value is -0.960. The predicted molar refractivity (Wildman–Crippen MR) is 73.5 cm³/mol. The highest BCUT2D eigenvalue weighted by molar-refractivity contribution is 6.34. The number of hydrogen-bond donors (Lipinski definition) is 0. The van der Waals surface area contributed by atoms with E-state index in [2.05, 4.69) is 9.88 Å². The van der Waals surface area contributed by atoms with Crippen molar-refractivity contribution in [1.29, 1.82) is 0 Å². The van der Waals surface area contributed by atoms with Crippen LogP contribution in [0.4, 0.5) is 5.69 Å². The van der Waals surface area contributed by atoms with E-state index >= 15 is 0 Å². The summed E-state index contributed by atoms with van der Waals surface area (Å²) >= 11 is 6.40. The molecule has 0 unspecified atom stereocenters. The van der Waals surface area contributed by atoms with Crippen molar-refractivity contribution < 1.29 is 4.74 Å². The van der Waals surface area contributed by atoms with E-state index in [1.165, 1.54) is 32.1 Å². The van der Waals surface area contributed by atoms with E-state index < -0.39 is 0 Å². The molecule has 0 spiro atoms. The molecule has 0 bridgehead atoms. The number of rotatable bonds is 4. The fourth-order valence-corrected chi connectivity index (χ4v) is 2.86. The molecule has 98 valence electrons. The van der Waals surface area contributed by atoms with E-state index in [4.69, 9.17) is 16.3 Å². The zero-order valence-corrected chi connectivity index (χ0v) is 11.3. The summed E-state index contributed by atoms with van der Waals surface area (Å²) in [6.07, 6.45) is 8.19. The summed E-state index contributed by atoms with van der Waals surface area (Å²) in [6, 6.07) is 1.99. The number of ether oxygens (including phenoxy) is 1. The molecule has 0 N–H and O–H groups in total. The van der Waals surface area contributed by atoms with Gasteiger partial charge in [0.05, 0.1) is 12.3 Å². The van der Waals surface area contributed by atoms with E-state index in [-0.39, 0.29) is 0 Å². The average molecular weight is 267 g/mol. The van der Waals surface area contributed by atoms with Gasteiger partial charge in [0.15, 0.2) is 0 Å². The molecule has 2 heterocycles. The van der Waals surface area contributed by atoms with Crippen molar-refractivity contribution in [1.82, 2.24) is 4.98 Å². The van der Waals surface area contributed by atoms with Crippen molar-refractivity contribution in [3.63, 3.8) is 0 Å². The van der Waals surface area contributed by atoms with Gasteiger partial charge in [0.2, 0.25) is 5.88 Å². The number of aromatic nitrogens is 1. The first kappa shape index (κ1) is 12.1. The predicted octanol–water partition coefficient (Wildman–Crippen LogP) is 3.51. The van der Waals surface area contributed by atoms with Crippen LogP contribution in [0.3, 0.4) is 0 Å². The van der Waals surface area contributed by atoms with E-state index in [9.17, 15) is 0 Å². The molecule has 1 aromatic heterocycles. The van der Waals surface area contributed by atoms with E-state index in [1.807, 2.05) is 6.07 Å². The maximum absolute atomic E-state index is 6.40. The first-order valence-corrected chi connectivity index (χ1v) is 7.24. The highest BCUT2D eigenvalue weighted by Gasteiger charge is 2.21. The molecule has 1 aliphatic carbocycles. The van der Waals surface area contributed by atoms with Gasteiger partial charge in [-0.15, -0.1) is 0 Å². The fourth-order valence-electron chi connectivity index (χ4n) is 2.57. The Labute approximate surface area is 113 Å². The van der Waals surface area contributed by atoms with Crippen LogP contribution in [0.15, 0.2) is 12.3 Å². The fraction of sp³-hybridized carbons (Fsp3) is 0.643. The summed E-state index contributed by atoms with van der Waals surface area (Å²) in [6.45, 7) is 2.94. The van der Waals surface area contributed by atoms with Crippen LogP contribution in [0.1, 0.15) is 32.1 Å². The molecule has 0 radical (unpaired) electrons. The third kappa shape index (κ3) is 2.41. The molecule has 18 heavy (non-hydrogen) atoms. The molecular weight excluding hydrogens is 248 g/mol. The van der Waals surface area contributed by atoms with Crippen LogP contribution < -0.4 is 9.64 Å². The van der Waals surface area contributed by atoms with Crippen LogP contribution in [0, 0.1) is 5.92 Å². The third-order valence-electron chi connectivity index (χ3n) is 3.96. The van der Waals surface area contributed by atoms with Crippen molar-refractivity contribution in [2.45, 2.75) is 32.1 Å². The maximum atomic E-state index is 6.40. The zero-order chi connectivity index (χ0) is 12.4. The van der Waals surface area contributed by atoms with Gasteiger partial charge in [0.25, 0.3) is 0 Å². The average Bonchev–Trinajstić information content (AvgIpc) is 2.82. The summed E-state index contributed by atoms with van der Waals surface area (Å²) in [5.74, 6) is 1.31. The van der Waals surface area contributed by atoms with Gasteiger partial charge < -0.3 is 9.64 Å². The van der Waals surface area contributed by atoms with E-state index in [0.717, 1.165) is 25.4 Å². The molecular formula is C14H19ClN2O. The molecule has 1 saturated heterocycles. The molecule has 2 fully saturated rings. The number of halogens is 1. The van der Waals surface area contributed by atoms with Gasteiger partial charge in [-0.3, -0.25) is 0 Å². The SMILES string of the molecule is Clc1c(N2CCCC2)ccnc1OCC1CCC1. The van der Waals surface area contributed by atoms with E-state index in [0.29, 0.717) is 16.8 Å². The summed E-state index contributed by atoms with van der Waals surface area (Å²) in [5, 5.41) is 0.679. The second kappa shape index (κ2) is 5.35. The lowest BCUT2D eigenvalue weighted by Crippen LogP contribution is -2.21. The smallest absolute Gasteiger partial charge is 0.234 e. The van der Waals surface area contributed by atoms with Crippen molar-refractivity contribution in [2.24, 2.45) is 5.92 Å². The van der Waals surface area contributed by atoms with Gasteiger partial charge in [0, 0.05) is 19.3 Å². The number of hydrogen-bond acceptors (Lipinski definition) is 3. The standard InChI is InChI=1S/C14H19ClN2O/c15-13-12(17-8-1-2-9-17)6-7-16-14(13)18-10-11-4-3-5-11/h6-7,11H,1-5,8-10H2. The molecule has 1 saturated carbocycles. The minimum Gasteiger partial charge on any atom is -0.476 e. The van der Waals surface area contributed by atoms with E-state index in [1.54, 1.807) is 6.20 Å². The van der Waals surface area contributed by atoms with Gasteiger partial charge in [0.1, 0.15) is 5.02 Å². The molecule has 1 aliphatic heterocycles. The minimum atomic E-state index is 0.605. The Morgan fingerprint density at radius 2 is 2.06 bits per heavy atom. The topological polar surface area (TPSA) is 25.4 Å². The Kier molecular flexibility index (Phi) is 3.59. The van der Waals surface area contributed by atoms with Crippen molar-refractivity contribution >= 4 is 17.3 Å². The lowest BCUT2D eigenvalue weighted by molar-refractivity contribution is 0.176. The van der Waals surface area contributed by atoms with Crippen LogP contribution in [-0.2, 0) is 0 Å². The first-order chi connectivity index (χ1) is 8.84. The lowest BCUT2D eigenvalue weighted by Gasteiger charge is -2.25. The second-order valence-corrected chi connectivity index (χ2v) is 5.63. The Balaban J connectivity index is 1.70. The largest absolute Gasteiger partial charge is 0.476 e. The van der Waals surface area contributed by atoms with Crippen LogP contribution in [0.5, 0.6) is 5.88 Å². The van der Waals surface area contributed by atoms with Crippen LogP contribution in [0.25, 0.3) is 0 Å². The maximum Gasteiger partial charge on any atom is 0.234 e. The number of anilines is 1. The second-order valence-electron chi connectivity index (χ2n) is 5.25. The minimum absolute atomic E-state index is 0.605. The normalized spacial score (nSPS) is 19.9. The Morgan fingerprint density at radius 1 is 1.28 bits per heavy atom. The van der Waals surface area contributed by atoms with Gasteiger partial charge in [-0.2, -0.15) is 0 Å². The van der Waals surface area contributed by atoms with Crippen molar-refractivity contribution in [3.8, 4) is 5.88 Å². The molecule has 0 amide bonds. The molecule has 3 nitrogen and oxygen atoms in total. The Morgan fingerprint density at radius 3 is 2.72 bits per heavy atom. The summed E-state index contributed by atoms with van der Waals surface area (Å²) in [4.78, 5) is 6.58. The summed E-state index contributed by atoms with van der Waals surface area (Å²) < 4.78 is 5.77. The summed E-state index contributed by atoms with van der Waals surface area (Å²) in [7, 11) is 0. The molecule has 0 aromatic carbocycles. The lowest BCUT2D eigenvalue weighted by atomic mass is 9.86. The molecule has 2 aliphatic rings. The van der Waals surface area contributed by atoms with Crippen LogP contribution in [-0.4, -0.2) is 24.7 Å². The molecule has 4 heteroatoms. The quantitative estimate of drug-likeness (QED) is 0.834. The van der Waals surface area contributed by atoms with Gasteiger partial charge >= 0.3 is 0 Å². The first-order valence-electron chi connectivity index (χ1n) is 6.87. The summed E-state index contributed by atoms with van der Waals surface area (Å²) in [5.41, 5.74) is 1.08. The van der Waals surface area contributed by atoms with Gasteiger partial charge in [-0.05, 0) is 37.7 Å². The van der Waals surface area contributed by atoms with Gasteiger partial charge in [-0.25, -0.2) is 4.98 Å². The van der Waals surface area contributed by atoms with Crippen molar-refractivity contribution in [3.05, 3.63) is 17.3 Å². The monoisotopic (exact) mass is 266 g/mol. The molecule has 0 atom stereocenters. The number of nitrogens with zero attached hydrogens (tertiary/aromatic N) is 2. The van der Waals surface area contributed by atoms with Crippen LogP contribution in [0.2, 0.25) is 5.02 Å². The zero-order valence-electron chi connectivity index (χ0n) is 10.6. The highest BCUT2D eigenvalue weighted by atomic mass is 35.5. The molecule has 3 rings (SSSR count). The molecule has 1 aromatic rings. The van der Waals surface area contributed by atoms with Gasteiger partial charge in [-0.1, -0.05) is 18.0 Å². The number of pyridine rings is 1. The van der Waals surface area contributed by atoms with Crippen molar-refractivity contribution in [2.75, 3.05) is 24.6 Å². The third-order valence-corrected chi connectivity index (χ3v) is 4.32.